The van der Waals surface area contributed by atoms with E-state index in [0.29, 0.717) is 12.5 Å². The van der Waals surface area contributed by atoms with Crippen molar-refractivity contribution in [3.8, 4) is 5.75 Å². The SMILES string of the molecule is CCCCCCOC(=O)C=Cc1ccc(OCC2CCC(CCCCC)CC2)c(Br)c1. The van der Waals surface area contributed by atoms with Crippen LogP contribution in [0.25, 0.3) is 6.08 Å². The Bertz CT molecular complexity index is 662. The summed E-state index contributed by atoms with van der Waals surface area (Å²) in [6, 6.07) is 5.96. The summed E-state index contributed by atoms with van der Waals surface area (Å²) in [7, 11) is 0. The van der Waals surface area contributed by atoms with Crippen LogP contribution in [-0.4, -0.2) is 19.2 Å². The van der Waals surface area contributed by atoms with Crippen LogP contribution in [-0.2, 0) is 9.53 Å². The van der Waals surface area contributed by atoms with E-state index in [1.54, 1.807) is 6.08 Å². The summed E-state index contributed by atoms with van der Waals surface area (Å²) in [5.74, 6) is 2.20. The van der Waals surface area contributed by atoms with Gasteiger partial charge in [0.05, 0.1) is 17.7 Å². The van der Waals surface area contributed by atoms with Crippen LogP contribution in [0, 0.1) is 11.8 Å². The number of halogens is 1. The van der Waals surface area contributed by atoms with Crippen LogP contribution >= 0.6 is 15.9 Å². The highest BCUT2D eigenvalue weighted by Crippen LogP contribution is 2.33. The summed E-state index contributed by atoms with van der Waals surface area (Å²) in [6.45, 7) is 5.74. The van der Waals surface area contributed by atoms with E-state index >= 15 is 0 Å². The first-order valence-electron chi connectivity index (χ1n) is 12.4. The minimum Gasteiger partial charge on any atom is -0.492 e. The molecule has 1 aromatic carbocycles. The molecule has 4 heteroatoms. The maximum Gasteiger partial charge on any atom is 0.330 e. The lowest BCUT2D eigenvalue weighted by Crippen LogP contribution is -2.20. The molecule has 0 heterocycles. The van der Waals surface area contributed by atoms with Crippen molar-refractivity contribution < 1.29 is 14.3 Å². The maximum atomic E-state index is 11.8. The fraction of sp³-hybridized carbons (Fsp3) is 0.667. The molecular weight excluding hydrogens is 452 g/mol. The maximum absolute atomic E-state index is 11.8. The van der Waals surface area contributed by atoms with Gasteiger partial charge in [-0.1, -0.05) is 77.7 Å². The number of esters is 1. The van der Waals surface area contributed by atoms with Crippen LogP contribution in [0.4, 0.5) is 0 Å². The molecule has 31 heavy (non-hydrogen) atoms. The van der Waals surface area contributed by atoms with Gasteiger partial charge in [-0.25, -0.2) is 4.79 Å². The zero-order valence-corrected chi connectivity index (χ0v) is 21.1. The minimum atomic E-state index is -0.279. The highest BCUT2D eigenvalue weighted by molar-refractivity contribution is 9.10. The van der Waals surface area contributed by atoms with Crippen molar-refractivity contribution in [2.24, 2.45) is 11.8 Å². The van der Waals surface area contributed by atoms with Crippen LogP contribution in [0.1, 0.15) is 96.5 Å². The van der Waals surface area contributed by atoms with Crippen LogP contribution in [0.5, 0.6) is 5.75 Å². The van der Waals surface area contributed by atoms with E-state index in [2.05, 4.69) is 29.8 Å². The second-order valence-corrected chi connectivity index (χ2v) is 9.80. The predicted molar refractivity (Wildman–Crippen MR) is 133 cm³/mol. The number of carbonyl (C=O) groups is 1. The van der Waals surface area contributed by atoms with E-state index in [9.17, 15) is 4.79 Å². The zero-order valence-electron chi connectivity index (χ0n) is 19.5. The average molecular weight is 494 g/mol. The molecular formula is C27H41BrO3. The van der Waals surface area contributed by atoms with Crippen molar-refractivity contribution in [1.29, 1.82) is 0 Å². The first-order valence-corrected chi connectivity index (χ1v) is 13.2. The molecule has 0 amide bonds. The summed E-state index contributed by atoms with van der Waals surface area (Å²) in [4.78, 5) is 11.8. The van der Waals surface area contributed by atoms with Crippen molar-refractivity contribution in [3.63, 3.8) is 0 Å². The van der Waals surface area contributed by atoms with Crippen LogP contribution < -0.4 is 4.74 Å². The van der Waals surface area contributed by atoms with Crippen molar-refractivity contribution in [3.05, 3.63) is 34.3 Å². The van der Waals surface area contributed by atoms with Gasteiger partial charge in [0, 0.05) is 6.08 Å². The third-order valence-corrected chi connectivity index (χ3v) is 6.89. The highest BCUT2D eigenvalue weighted by atomic mass is 79.9. The van der Waals surface area contributed by atoms with Gasteiger partial charge < -0.3 is 9.47 Å². The number of hydrogen-bond acceptors (Lipinski definition) is 3. The fourth-order valence-electron chi connectivity index (χ4n) is 4.23. The lowest BCUT2D eigenvalue weighted by molar-refractivity contribution is -0.137. The standard InChI is InChI=1S/C27H41BrO3/c1-3-5-7-9-19-30-27(29)18-16-23-15-17-26(25(28)20-23)31-21-24-13-11-22(12-14-24)10-8-6-4-2/h15-18,20,22,24H,3-14,19,21H2,1-2H3. The van der Waals surface area contributed by atoms with Crippen molar-refractivity contribution in [1.82, 2.24) is 0 Å². The Kier molecular flexibility index (Phi) is 13.0. The Hall–Kier alpha value is -1.29. The molecule has 0 aliphatic heterocycles. The predicted octanol–water partition coefficient (Wildman–Crippen LogP) is 8.35. The smallest absolute Gasteiger partial charge is 0.330 e. The second kappa shape index (κ2) is 15.5. The van der Waals surface area contributed by atoms with Gasteiger partial charge in [-0.2, -0.15) is 0 Å². The largest absolute Gasteiger partial charge is 0.492 e. The van der Waals surface area contributed by atoms with E-state index in [1.807, 2.05) is 18.2 Å². The number of hydrogen-bond donors (Lipinski definition) is 0. The molecule has 0 saturated heterocycles. The molecule has 2 rings (SSSR count). The number of unbranched alkanes of at least 4 members (excludes halogenated alkanes) is 5. The quantitative estimate of drug-likeness (QED) is 0.148. The van der Waals surface area contributed by atoms with Gasteiger partial charge in [0.2, 0.25) is 0 Å². The van der Waals surface area contributed by atoms with Gasteiger partial charge in [0.1, 0.15) is 5.75 Å². The average Bonchev–Trinajstić information content (AvgIpc) is 2.78. The Labute approximate surface area is 198 Å². The third kappa shape index (κ3) is 10.7. The lowest BCUT2D eigenvalue weighted by Gasteiger charge is -2.28. The summed E-state index contributed by atoms with van der Waals surface area (Å²) < 4.78 is 12.3. The Balaban J connectivity index is 1.69. The molecule has 0 N–H and O–H groups in total. The molecule has 1 aromatic rings. The second-order valence-electron chi connectivity index (χ2n) is 8.94. The molecule has 174 valence electrons. The fourth-order valence-corrected chi connectivity index (χ4v) is 4.74. The monoisotopic (exact) mass is 492 g/mol. The third-order valence-electron chi connectivity index (χ3n) is 6.27. The van der Waals surface area contributed by atoms with E-state index in [4.69, 9.17) is 9.47 Å². The molecule has 1 saturated carbocycles. The van der Waals surface area contributed by atoms with Crippen molar-refractivity contribution >= 4 is 28.0 Å². The molecule has 0 atom stereocenters. The Morgan fingerprint density at radius 3 is 2.42 bits per heavy atom. The summed E-state index contributed by atoms with van der Waals surface area (Å²) in [5.41, 5.74) is 0.953. The van der Waals surface area contributed by atoms with E-state index < -0.39 is 0 Å². The summed E-state index contributed by atoms with van der Waals surface area (Å²) in [6.07, 6.45) is 18.5. The van der Waals surface area contributed by atoms with E-state index in [0.717, 1.165) is 41.2 Å². The summed E-state index contributed by atoms with van der Waals surface area (Å²) >= 11 is 3.61. The summed E-state index contributed by atoms with van der Waals surface area (Å²) in [5, 5.41) is 0. The van der Waals surface area contributed by atoms with Crippen LogP contribution in [0.3, 0.4) is 0 Å². The van der Waals surface area contributed by atoms with E-state index in [-0.39, 0.29) is 5.97 Å². The highest BCUT2D eigenvalue weighted by Gasteiger charge is 2.21. The van der Waals surface area contributed by atoms with Gasteiger partial charge in [0.15, 0.2) is 0 Å². The first-order chi connectivity index (χ1) is 15.1. The molecule has 0 radical (unpaired) electrons. The number of rotatable bonds is 14. The van der Waals surface area contributed by atoms with Crippen molar-refractivity contribution in [2.75, 3.05) is 13.2 Å². The lowest BCUT2D eigenvalue weighted by atomic mass is 9.80. The minimum absolute atomic E-state index is 0.279. The van der Waals surface area contributed by atoms with Gasteiger partial charge in [0.25, 0.3) is 0 Å². The van der Waals surface area contributed by atoms with Crippen LogP contribution in [0.2, 0.25) is 0 Å². The molecule has 3 nitrogen and oxygen atoms in total. The first kappa shape index (κ1) is 26.0. The molecule has 1 aliphatic rings. The molecule has 0 unspecified atom stereocenters. The number of carbonyl (C=O) groups excluding carboxylic acids is 1. The molecule has 0 spiro atoms. The topological polar surface area (TPSA) is 35.5 Å². The molecule has 0 aromatic heterocycles. The number of ether oxygens (including phenoxy) is 2. The van der Waals surface area contributed by atoms with E-state index in [1.165, 1.54) is 70.3 Å². The van der Waals surface area contributed by atoms with Gasteiger partial charge in [-0.3, -0.25) is 0 Å². The Morgan fingerprint density at radius 2 is 1.71 bits per heavy atom. The zero-order chi connectivity index (χ0) is 22.3. The number of benzene rings is 1. The Morgan fingerprint density at radius 1 is 1.00 bits per heavy atom. The van der Waals surface area contributed by atoms with Crippen LogP contribution in [0.15, 0.2) is 28.7 Å². The van der Waals surface area contributed by atoms with Gasteiger partial charge in [-0.15, -0.1) is 0 Å². The molecule has 1 fully saturated rings. The molecule has 0 bridgehead atoms. The van der Waals surface area contributed by atoms with Crippen molar-refractivity contribution in [2.45, 2.75) is 90.9 Å². The van der Waals surface area contributed by atoms with Gasteiger partial charge in [-0.05, 0) is 70.8 Å². The molecule has 1 aliphatic carbocycles. The van der Waals surface area contributed by atoms with Gasteiger partial charge >= 0.3 is 5.97 Å². The normalized spacial score (nSPS) is 18.9.